The van der Waals surface area contributed by atoms with Crippen molar-refractivity contribution in [3.63, 3.8) is 0 Å². The van der Waals surface area contributed by atoms with Gasteiger partial charge in [-0.1, -0.05) is 29.3 Å². The zero-order valence-electron chi connectivity index (χ0n) is 12.7. The molecule has 0 atom stereocenters. The van der Waals surface area contributed by atoms with Crippen LogP contribution < -0.4 is 5.32 Å². The standard InChI is InChI=1S/C17H13Cl2N5/c1-23-9-15(21-10-23)24-8-6-11-14(24)5-7-20-17(11)22-16-12(18)3-2-4-13(16)19/h2-10H,1H3,(H,20,22). The number of fused-ring (bicyclic) bond motifs is 1. The fraction of sp³-hybridized carbons (Fsp3) is 0.0588. The minimum Gasteiger partial charge on any atom is -0.338 e. The van der Waals surface area contributed by atoms with Crippen molar-refractivity contribution >= 4 is 45.6 Å². The lowest BCUT2D eigenvalue weighted by Gasteiger charge is -2.10. The van der Waals surface area contributed by atoms with E-state index in [1.165, 1.54) is 0 Å². The van der Waals surface area contributed by atoms with Crippen LogP contribution in [0.5, 0.6) is 0 Å². The Kier molecular flexibility index (Phi) is 3.67. The molecule has 4 rings (SSSR count). The van der Waals surface area contributed by atoms with Crippen molar-refractivity contribution in [2.45, 2.75) is 0 Å². The second kappa shape index (κ2) is 5.85. The maximum Gasteiger partial charge on any atom is 0.155 e. The number of nitrogens with one attached hydrogen (secondary N) is 1. The summed E-state index contributed by atoms with van der Waals surface area (Å²) in [5.41, 5.74) is 1.64. The van der Waals surface area contributed by atoms with Gasteiger partial charge >= 0.3 is 0 Å². The Balaban J connectivity index is 1.82. The van der Waals surface area contributed by atoms with Crippen LogP contribution in [0.3, 0.4) is 0 Å². The number of rotatable bonds is 3. The van der Waals surface area contributed by atoms with E-state index < -0.39 is 0 Å². The second-order valence-electron chi connectivity index (χ2n) is 5.40. The first kappa shape index (κ1) is 15.1. The fourth-order valence-corrected chi connectivity index (χ4v) is 3.12. The molecule has 5 nitrogen and oxygen atoms in total. The van der Waals surface area contributed by atoms with Crippen molar-refractivity contribution in [1.29, 1.82) is 0 Å². The molecule has 0 amide bonds. The van der Waals surface area contributed by atoms with Gasteiger partial charge in [0.1, 0.15) is 5.82 Å². The molecule has 0 saturated carbocycles. The highest BCUT2D eigenvalue weighted by Crippen LogP contribution is 2.34. The predicted octanol–water partition coefficient (Wildman–Crippen LogP) is 4.81. The van der Waals surface area contributed by atoms with Crippen LogP contribution in [0.1, 0.15) is 0 Å². The van der Waals surface area contributed by atoms with Gasteiger partial charge in [0.05, 0.1) is 27.6 Å². The number of nitrogens with zero attached hydrogens (tertiary/aromatic N) is 4. The van der Waals surface area contributed by atoms with E-state index in [9.17, 15) is 0 Å². The van der Waals surface area contributed by atoms with Gasteiger partial charge in [0.25, 0.3) is 0 Å². The molecule has 0 unspecified atom stereocenters. The summed E-state index contributed by atoms with van der Waals surface area (Å²) in [4.78, 5) is 8.82. The molecule has 0 spiro atoms. The Hall–Kier alpha value is -2.50. The molecule has 3 aromatic heterocycles. The first-order valence-electron chi connectivity index (χ1n) is 7.29. The number of imidazole rings is 1. The van der Waals surface area contributed by atoms with Gasteiger partial charge < -0.3 is 9.88 Å². The summed E-state index contributed by atoms with van der Waals surface area (Å²) in [6, 6.07) is 9.32. The number of aryl methyl sites for hydroxylation is 1. The SMILES string of the molecule is Cn1cnc(-n2ccc3c(Nc4c(Cl)cccc4Cl)nccc32)c1. The molecule has 0 aliphatic heterocycles. The molecule has 24 heavy (non-hydrogen) atoms. The maximum absolute atomic E-state index is 6.24. The number of para-hydroxylation sites is 1. The van der Waals surface area contributed by atoms with E-state index >= 15 is 0 Å². The molecule has 1 N–H and O–H groups in total. The van der Waals surface area contributed by atoms with Crippen molar-refractivity contribution in [3.05, 3.63) is 65.3 Å². The summed E-state index contributed by atoms with van der Waals surface area (Å²) < 4.78 is 3.92. The van der Waals surface area contributed by atoms with Crippen LogP contribution in [0.2, 0.25) is 10.0 Å². The van der Waals surface area contributed by atoms with Crippen LogP contribution in [-0.4, -0.2) is 19.1 Å². The van der Waals surface area contributed by atoms with E-state index in [-0.39, 0.29) is 0 Å². The molecule has 120 valence electrons. The number of benzene rings is 1. The predicted molar refractivity (Wildman–Crippen MR) is 97.6 cm³/mol. The average molecular weight is 358 g/mol. The summed E-state index contributed by atoms with van der Waals surface area (Å²) in [5.74, 6) is 1.54. The number of pyridine rings is 1. The van der Waals surface area contributed by atoms with Gasteiger partial charge in [0.2, 0.25) is 0 Å². The van der Waals surface area contributed by atoms with Crippen LogP contribution in [0.15, 0.2) is 55.2 Å². The molecule has 1 aromatic carbocycles. The van der Waals surface area contributed by atoms with Crippen LogP contribution in [0, 0.1) is 0 Å². The largest absolute Gasteiger partial charge is 0.338 e. The van der Waals surface area contributed by atoms with Gasteiger partial charge in [0, 0.05) is 31.0 Å². The normalized spacial score (nSPS) is 11.1. The third-order valence-electron chi connectivity index (χ3n) is 3.76. The highest BCUT2D eigenvalue weighted by molar-refractivity contribution is 6.39. The molecule has 0 aliphatic rings. The molecule has 0 fully saturated rings. The smallest absolute Gasteiger partial charge is 0.155 e. The van der Waals surface area contributed by atoms with Gasteiger partial charge in [0.15, 0.2) is 5.82 Å². The molecule has 0 radical (unpaired) electrons. The Morgan fingerprint density at radius 2 is 1.83 bits per heavy atom. The minimum atomic E-state index is 0.547. The second-order valence-corrected chi connectivity index (χ2v) is 6.21. The van der Waals surface area contributed by atoms with Crippen molar-refractivity contribution in [3.8, 4) is 5.82 Å². The Bertz CT molecular complexity index is 1010. The molecular weight excluding hydrogens is 345 g/mol. The zero-order valence-corrected chi connectivity index (χ0v) is 14.3. The lowest BCUT2D eigenvalue weighted by Crippen LogP contribution is -1.97. The van der Waals surface area contributed by atoms with E-state index in [0.29, 0.717) is 21.6 Å². The van der Waals surface area contributed by atoms with Gasteiger partial charge in [-0.15, -0.1) is 0 Å². The molecular formula is C17H13Cl2N5. The summed E-state index contributed by atoms with van der Waals surface area (Å²) in [7, 11) is 1.94. The number of aromatic nitrogens is 4. The first-order chi connectivity index (χ1) is 11.6. The first-order valence-corrected chi connectivity index (χ1v) is 8.04. The quantitative estimate of drug-likeness (QED) is 0.572. The van der Waals surface area contributed by atoms with Gasteiger partial charge in [-0.25, -0.2) is 9.97 Å². The highest BCUT2D eigenvalue weighted by atomic mass is 35.5. The average Bonchev–Trinajstić information content (AvgIpc) is 3.17. The molecule has 0 bridgehead atoms. The summed E-state index contributed by atoms with van der Waals surface area (Å²) >= 11 is 12.5. The Morgan fingerprint density at radius 3 is 2.54 bits per heavy atom. The molecule has 0 saturated heterocycles. The minimum absolute atomic E-state index is 0.547. The maximum atomic E-state index is 6.24. The fourth-order valence-electron chi connectivity index (χ4n) is 2.63. The number of anilines is 2. The topological polar surface area (TPSA) is 47.7 Å². The lowest BCUT2D eigenvalue weighted by molar-refractivity contribution is 0.912. The van der Waals surface area contributed by atoms with Gasteiger partial charge in [-0.2, -0.15) is 0 Å². The Labute approximate surface area is 148 Å². The molecule has 3 heterocycles. The summed E-state index contributed by atoms with van der Waals surface area (Å²) in [6.45, 7) is 0. The third kappa shape index (κ3) is 2.52. The van der Waals surface area contributed by atoms with E-state index in [4.69, 9.17) is 23.2 Å². The van der Waals surface area contributed by atoms with Crippen molar-refractivity contribution in [1.82, 2.24) is 19.1 Å². The van der Waals surface area contributed by atoms with Crippen LogP contribution in [0.4, 0.5) is 11.5 Å². The van der Waals surface area contributed by atoms with Crippen molar-refractivity contribution in [2.75, 3.05) is 5.32 Å². The number of hydrogen-bond acceptors (Lipinski definition) is 3. The van der Waals surface area contributed by atoms with Crippen LogP contribution in [0.25, 0.3) is 16.7 Å². The lowest BCUT2D eigenvalue weighted by atomic mass is 10.2. The highest BCUT2D eigenvalue weighted by Gasteiger charge is 2.12. The summed E-state index contributed by atoms with van der Waals surface area (Å²) in [5, 5.41) is 5.29. The number of hydrogen-bond donors (Lipinski definition) is 1. The van der Waals surface area contributed by atoms with E-state index in [1.807, 2.05) is 40.7 Å². The Morgan fingerprint density at radius 1 is 1.04 bits per heavy atom. The molecule has 0 aliphatic carbocycles. The van der Waals surface area contributed by atoms with E-state index in [2.05, 4.69) is 15.3 Å². The van der Waals surface area contributed by atoms with Crippen molar-refractivity contribution in [2.24, 2.45) is 7.05 Å². The molecule has 7 heteroatoms. The monoisotopic (exact) mass is 357 g/mol. The van der Waals surface area contributed by atoms with Gasteiger partial charge in [-0.05, 0) is 24.3 Å². The van der Waals surface area contributed by atoms with Gasteiger partial charge in [-0.3, -0.25) is 4.57 Å². The van der Waals surface area contributed by atoms with Crippen molar-refractivity contribution < 1.29 is 0 Å². The molecule has 4 aromatic rings. The third-order valence-corrected chi connectivity index (χ3v) is 4.39. The van der Waals surface area contributed by atoms with E-state index in [1.54, 1.807) is 30.7 Å². The number of halogens is 2. The van der Waals surface area contributed by atoms with Crippen LogP contribution >= 0.6 is 23.2 Å². The summed E-state index contributed by atoms with van der Waals surface area (Å²) in [6.07, 6.45) is 7.44. The van der Waals surface area contributed by atoms with E-state index in [0.717, 1.165) is 16.7 Å². The zero-order chi connectivity index (χ0) is 16.7. The van der Waals surface area contributed by atoms with Crippen LogP contribution in [-0.2, 0) is 7.05 Å².